The summed E-state index contributed by atoms with van der Waals surface area (Å²) < 4.78 is 5.00. The van der Waals surface area contributed by atoms with E-state index in [9.17, 15) is 14.4 Å². The lowest BCUT2D eigenvalue weighted by Gasteiger charge is -2.24. The Kier molecular flexibility index (Phi) is 7.29. The van der Waals surface area contributed by atoms with Crippen molar-refractivity contribution in [3.8, 4) is 0 Å². The molecule has 0 radical (unpaired) electrons. The van der Waals surface area contributed by atoms with E-state index in [4.69, 9.17) is 4.74 Å². The number of carbonyl (C=O) groups is 3. The number of nitrogens with one attached hydrogen (secondary N) is 4. The maximum Gasteiger partial charge on any atom is 0.413 e. The van der Waals surface area contributed by atoms with Crippen LogP contribution >= 0.6 is 23.5 Å². The second-order valence-electron chi connectivity index (χ2n) is 7.50. The molecule has 0 aromatic carbocycles. The molecule has 152 valence electrons. The van der Waals surface area contributed by atoms with E-state index in [1.54, 1.807) is 23.5 Å². The number of rotatable bonds is 5. The summed E-state index contributed by atoms with van der Waals surface area (Å²) in [4.78, 5) is 36.8. The minimum absolute atomic E-state index is 0.0889. The number of piperidine rings is 1. The molecule has 0 aromatic rings. The highest BCUT2D eigenvalue weighted by Crippen LogP contribution is 2.34. The molecule has 27 heavy (non-hydrogen) atoms. The number of imide groups is 1. The number of thioether (sulfide) groups is 2. The van der Waals surface area contributed by atoms with Crippen LogP contribution in [0.1, 0.15) is 26.7 Å². The van der Waals surface area contributed by atoms with E-state index >= 15 is 0 Å². The highest BCUT2D eigenvalue weighted by atomic mass is 32.2. The maximum absolute atomic E-state index is 12.7. The third-order valence-electron chi connectivity index (χ3n) is 4.82. The third kappa shape index (κ3) is 5.52. The number of alkyl carbamates (subject to hydrolysis) is 1. The van der Waals surface area contributed by atoms with Crippen molar-refractivity contribution in [2.45, 2.75) is 48.7 Å². The predicted molar refractivity (Wildman–Crippen MR) is 106 cm³/mol. The number of hydrogen-bond donors (Lipinski definition) is 4. The number of amides is 3. The van der Waals surface area contributed by atoms with E-state index in [2.05, 4.69) is 21.3 Å². The van der Waals surface area contributed by atoms with E-state index in [0.29, 0.717) is 17.7 Å². The van der Waals surface area contributed by atoms with Crippen molar-refractivity contribution in [3.63, 3.8) is 0 Å². The van der Waals surface area contributed by atoms with Gasteiger partial charge >= 0.3 is 6.09 Å². The van der Waals surface area contributed by atoms with Gasteiger partial charge in [-0.15, -0.1) is 23.5 Å². The Hall–Kier alpha value is -0.970. The first-order chi connectivity index (χ1) is 12.9. The van der Waals surface area contributed by atoms with Gasteiger partial charge in [0.2, 0.25) is 11.8 Å². The molecule has 0 spiro atoms. The minimum Gasteiger partial charge on any atom is -0.449 e. The van der Waals surface area contributed by atoms with Crippen LogP contribution in [-0.2, 0) is 14.3 Å². The Morgan fingerprint density at radius 2 is 2.04 bits per heavy atom. The molecule has 3 amide bonds. The Morgan fingerprint density at radius 1 is 1.22 bits per heavy atom. The third-order valence-corrected chi connectivity index (χ3v) is 7.63. The minimum atomic E-state index is -0.722. The summed E-state index contributed by atoms with van der Waals surface area (Å²) in [6.07, 6.45) is 0.952. The van der Waals surface area contributed by atoms with Gasteiger partial charge in [0.1, 0.15) is 5.37 Å². The van der Waals surface area contributed by atoms with Gasteiger partial charge in [0, 0.05) is 17.8 Å². The lowest BCUT2D eigenvalue weighted by molar-refractivity contribution is -0.125. The first-order valence-corrected chi connectivity index (χ1v) is 11.4. The molecule has 4 N–H and O–H groups in total. The zero-order valence-electron chi connectivity index (χ0n) is 15.7. The van der Waals surface area contributed by atoms with Crippen LogP contribution in [0.4, 0.5) is 4.79 Å². The molecule has 0 aliphatic carbocycles. The largest absolute Gasteiger partial charge is 0.449 e. The predicted octanol–water partition coefficient (Wildman–Crippen LogP) is 0.484. The van der Waals surface area contributed by atoms with Crippen LogP contribution in [0.15, 0.2) is 0 Å². The summed E-state index contributed by atoms with van der Waals surface area (Å²) >= 11 is 3.21. The fraction of sp³-hybridized carbons (Fsp3) is 0.824. The van der Waals surface area contributed by atoms with Gasteiger partial charge in [0.25, 0.3) is 0 Å². The van der Waals surface area contributed by atoms with Crippen LogP contribution in [0, 0.1) is 11.8 Å². The normalized spacial score (nSPS) is 32.8. The maximum atomic E-state index is 12.7. The van der Waals surface area contributed by atoms with Gasteiger partial charge in [-0.05, 0) is 31.1 Å². The van der Waals surface area contributed by atoms with Gasteiger partial charge in [-0.3, -0.25) is 20.2 Å². The molecule has 3 aliphatic heterocycles. The Balaban J connectivity index is 1.48. The standard InChI is InChI=1S/C17H28N4O4S2/c1-9(2)8-25-17(24)21-13(22)10-4-6-26-15(10)20-14(23)16-19-11-7-18-5-3-12(11)27-16/h9-12,15-16,18-19H,3-8H2,1-2H3,(H,20,23)(H,21,22,24). The van der Waals surface area contributed by atoms with E-state index in [-0.39, 0.29) is 35.1 Å². The first kappa shape index (κ1) is 20.8. The Bertz CT molecular complexity index is 563. The Labute approximate surface area is 168 Å². The van der Waals surface area contributed by atoms with Crippen molar-refractivity contribution in [2.24, 2.45) is 11.8 Å². The van der Waals surface area contributed by atoms with Gasteiger partial charge in [0.05, 0.1) is 17.9 Å². The number of ether oxygens (including phenoxy) is 1. The van der Waals surface area contributed by atoms with Crippen LogP contribution in [-0.4, -0.2) is 65.4 Å². The molecule has 5 unspecified atom stereocenters. The second kappa shape index (κ2) is 9.49. The molecule has 0 aromatic heterocycles. The molecular formula is C17H28N4O4S2. The molecule has 0 saturated carbocycles. The molecule has 5 atom stereocenters. The SMILES string of the molecule is CC(C)COC(=O)NC(=O)C1CCSC1NC(=O)C1NC2CNCCC2S1. The molecule has 3 aliphatic rings. The number of carbonyl (C=O) groups excluding carboxylic acids is 3. The lowest BCUT2D eigenvalue weighted by atomic mass is 10.1. The van der Waals surface area contributed by atoms with Crippen LogP contribution in [0.3, 0.4) is 0 Å². The summed E-state index contributed by atoms with van der Waals surface area (Å²) in [5.41, 5.74) is 0. The molecule has 3 saturated heterocycles. The van der Waals surface area contributed by atoms with E-state index in [1.165, 1.54) is 0 Å². The van der Waals surface area contributed by atoms with Gasteiger partial charge in [-0.1, -0.05) is 13.8 Å². The van der Waals surface area contributed by atoms with Crippen LogP contribution in [0.25, 0.3) is 0 Å². The van der Waals surface area contributed by atoms with Gasteiger partial charge in [-0.2, -0.15) is 0 Å². The van der Waals surface area contributed by atoms with Crippen LogP contribution in [0.5, 0.6) is 0 Å². The topological polar surface area (TPSA) is 109 Å². The van der Waals surface area contributed by atoms with Crippen LogP contribution in [0.2, 0.25) is 0 Å². The zero-order chi connectivity index (χ0) is 19.4. The van der Waals surface area contributed by atoms with E-state index in [1.807, 2.05) is 13.8 Å². The van der Waals surface area contributed by atoms with Crippen molar-refractivity contribution in [3.05, 3.63) is 0 Å². The summed E-state index contributed by atoms with van der Waals surface area (Å²) in [7, 11) is 0. The molecule has 8 nitrogen and oxygen atoms in total. The van der Waals surface area contributed by atoms with Gasteiger partial charge < -0.3 is 15.4 Å². The van der Waals surface area contributed by atoms with Crippen molar-refractivity contribution in [2.75, 3.05) is 25.4 Å². The molecule has 10 heteroatoms. The average Bonchev–Trinajstić information content (AvgIpc) is 3.26. The number of hydrogen-bond acceptors (Lipinski definition) is 8. The monoisotopic (exact) mass is 416 g/mol. The summed E-state index contributed by atoms with van der Waals surface area (Å²) in [5, 5.41) is 11.8. The van der Waals surface area contributed by atoms with Crippen molar-refractivity contribution in [1.82, 2.24) is 21.3 Å². The molecule has 0 bridgehead atoms. The van der Waals surface area contributed by atoms with Gasteiger partial charge in [-0.25, -0.2) is 4.79 Å². The fourth-order valence-corrected chi connectivity index (χ4v) is 6.15. The van der Waals surface area contributed by atoms with Gasteiger partial charge in [0.15, 0.2) is 0 Å². The van der Waals surface area contributed by atoms with Crippen molar-refractivity contribution < 1.29 is 19.1 Å². The lowest BCUT2D eigenvalue weighted by Crippen LogP contribution is -2.51. The fourth-order valence-electron chi connectivity index (χ4n) is 3.40. The molecule has 3 heterocycles. The quantitative estimate of drug-likeness (QED) is 0.513. The average molecular weight is 417 g/mol. The molecular weight excluding hydrogens is 388 g/mol. The highest BCUT2D eigenvalue weighted by molar-refractivity contribution is 8.01. The first-order valence-electron chi connectivity index (χ1n) is 9.46. The summed E-state index contributed by atoms with van der Waals surface area (Å²) in [6, 6.07) is 0.311. The second-order valence-corrected chi connectivity index (χ2v) is 10.1. The summed E-state index contributed by atoms with van der Waals surface area (Å²) in [6.45, 7) is 5.98. The highest BCUT2D eigenvalue weighted by Gasteiger charge is 2.42. The smallest absolute Gasteiger partial charge is 0.413 e. The van der Waals surface area contributed by atoms with Crippen LogP contribution < -0.4 is 21.3 Å². The summed E-state index contributed by atoms with van der Waals surface area (Å²) in [5.74, 6) is 0.0684. The van der Waals surface area contributed by atoms with Crippen molar-refractivity contribution >= 4 is 41.4 Å². The zero-order valence-corrected chi connectivity index (χ0v) is 17.3. The molecule has 3 rings (SSSR count). The molecule has 3 fully saturated rings. The van der Waals surface area contributed by atoms with E-state index < -0.39 is 12.0 Å². The Morgan fingerprint density at radius 3 is 2.78 bits per heavy atom. The van der Waals surface area contributed by atoms with E-state index in [0.717, 1.165) is 25.3 Å². The van der Waals surface area contributed by atoms with Crippen molar-refractivity contribution in [1.29, 1.82) is 0 Å². The number of fused-ring (bicyclic) bond motifs is 1.